The Kier molecular flexibility index (Phi) is 14.6. The lowest BCUT2D eigenvalue weighted by atomic mass is 9.86. The number of alkyl halides is 3. The number of halogens is 3. The minimum atomic E-state index is -4.29. The lowest BCUT2D eigenvalue weighted by Gasteiger charge is -2.35. The lowest BCUT2D eigenvalue weighted by molar-refractivity contribution is -0.138. The van der Waals surface area contributed by atoms with Gasteiger partial charge in [-0.2, -0.15) is 13.2 Å². The van der Waals surface area contributed by atoms with Gasteiger partial charge in [0.1, 0.15) is 0 Å². The van der Waals surface area contributed by atoms with E-state index in [0.717, 1.165) is 45.3 Å². The van der Waals surface area contributed by atoms with Gasteiger partial charge in [-0.25, -0.2) is 0 Å². The zero-order valence-electron chi connectivity index (χ0n) is 23.4. The molecule has 0 saturated carbocycles. The van der Waals surface area contributed by atoms with Gasteiger partial charge in [0.2, 0.25) is 0 Å². The summed E-state index contributed by atoms with van der Waals surface area (Å²) in [4.78, 5) is 2.36. The van der Waals surface area contributed by atoms with Crippen molar-refractivity contribution in [1.82, 2.24) is 10.2 Å². The van der Waals surface area contributed by atoms with Crippen molar-refractivity contribution in [1.29, 1.82) is 0 Å². The third kappa shape index (κ3) is 11.2. The van der Waals surface area contributed by atoms with Crippen LogP contribution in [-0.2, 0) is 6.18 Å². The van der Waals surface area contributed by atoms with Crippen molar-refractivity contribution in [3.63, 3.8) is 0 Å². The first-order valence-corrected chi connectivity index (χ1v) is 13.6. The van der Waals surface area contributed by atoms with E-state index in [0.29, 0.717) is 5.56 Å². The second-order valence-corrected chi connectivity index (χ2v) is 9.60. The fourth-order valence-corrected chi connectivity index (χ4v) is 4.62. The van der Waals surface area contributed by atoms with Crippen LogP contribution in [0.2, 0.25) is 0 Å². The average molecular weight is 505 g/mol. The predicted molar refractivity (Wildman–Crippen MR) is 148 cm³/mol. The number of piperidine rings is 1. The Bertz CT molecular complexity index is 897. The van der Waals surface area contributed by atoms with Crippen molar-refractivity contribution in [3.05, 3.63) is 76.2 Å². The SMILES string of the molecule is CC.CC1=C=C(C)C/C(NC(C)CN2CCC(c3ccccc3C(F)(F)F)CC2)=C\C=C/C1.CCC. The van der Waals surface area contributed by atoms with E-state index in [4.69, 9.17) is 0 Å². The van der Waals surface area contributed by atoms with E-state index < -0.39 is 11.7 Å². The molecule has 2 nitrogen and oxygen atoms in total. The first kappa shape index (κ1) is 31.8. The number of nitrogens with zero attached hydrogens (tertiary/aromatic N) is 1. The van der Waals surface area contributed by atoms with Gasteiger partial charge in [-0.05, 0) is 87.9 Å². The van der Waals surface area contributed by atoms with Crippen LogP contribution in [0.25, 0.3) is 0 Å². The Morgan fingerprint density at radius 1 is 1.06 bits per heavy atom. The van der Waals surface area contributed by atoms with Crippen LogP contribution in [0.15, 0.2) is 65.1 Å². The number of likely N-dealkylation sites (tertiary alicyclic amines) is 1. The van der Waals surface area contributed by atoms with Crippen molar-refractivity contribution in [2.75, 3.05) is 19.6 Å². The first-order valence-electron chi connectivity index (χ1n) is 13.6. The molecule has 36 heavy (non-hydrogen) atoms. The number of benzene rings is 1. The highest BCUT2D eigenvalue weighted by atomic mass is 19.4. The van der Waals surface area contributed by atoms with Gasteiger partial charge < -0.3 is 10.2 Å². The molecule has 0 amide bonds. The lowest BCUT2D eigenvalue weighted by Crippen LogP contribution is -2.42. The smallest absolute Gasteiger partial charge is 0.384 e. The summed E-state index contributed by atoms with van der Waals surface area (Å²) in [7, 11) is 0. The van der Waals surface area contributed by atoms with Crippen LogP contribution in [0, 0.1) is 0 Å². The van der Waals surface area contributed by atoms with Gasteiger partial charge in [0, 0.05) is 24.7 Å². The molecular formula is C31H47F3N2. The Balaban J connectivity index is 0.00000120. The van der Waals surface area contributed by atoms with E-state index in [1.807, 2.05) is 13.8 Å². The fourth-order valence-electron chi connectivity index (χ4n) is 4.62. The molecule has 1 N–H and O–H groups in total. The molecule has 1 aromatic rings. The molecule has 1 aliphatic heterocycles. The van der Waals surface area contributed by atoms with Crippen molar-refractivity contribution >= 4 is 0 Å². The second kappa shape index (κ2) is 16.5. The first-order chi connectivity index (χ1) is 17.1. The summed E-state index contributed by atoms with van der Waals surface area (Å²) in [5, 5.41) is 3.63. The van der Waals surface area contributed by atoms with Crippen molar-refractivity contribution in [3.8, 4) is 0 Å². The quantitative estimate of drug-likeness (QED) is 0.402. The minimum absolute atomic E-state index is 0.0256. The number of allylic oxidation sites excluding steroid dienone is 4. The highest BCUT2D eigenvalue weighted by molar-refractivity contribution is 5.33. The summed E-state index contributed by atoms with van der Waals surface area (Å²) in [6, 6.07) is 6.31. The second-order valence-electron chi connectivity index (χ2n) is 9.60. The highest BCUT2D eigenvalue weighted by Crippen LogP contribution is 2.38. The molecule has 0 spiro atoms. The van der Waals surface area contributed by atoms with Crippen LogP contribution in [0.5, 0.6) is 0 Å². The zero-order chi connectivity index (χ0) is 27.1. The summed E-state index contributed by atoms with van der Waals surface area (Å²) in [6.07, 6.45) is 6.64. The van der Waals surface area contributed by atoms with E-state index in [1.165, 1.54) is 35.4 Å². The zero-order valence-corrected chi connectivity index (χ0v) is 23.4. The summed E-state index contributed by atoms with van der Waals surface area (Å²) in [6.45, 7) is 17.2. The molecule has 0 radical (unpaired) electrons. The molecule has 0 bridgehead atoms. The standard InChI is InChI=1S/C26H33F3N2.C3H8.C2H6/c1-19-8-4-5-9-23(17-20(2)16-19)30-21(3)18-31-14-12-22(13-15-31)24-10-6-7-11-25(24)26(27,28)29;1-3-2;1-2/h4-7,9-11,21-22,30H,8,12-15,17-18H2,1-3H3;3H2,1-2H3;1-2H3/b5-4-,23-9+;;. The van der Waals surface area contributed by atoms with E-state index in [2.05, 4.69) is 68.8 Å². The Hall–Kier alpha value is -2.23. The number of nitrogens with one attached hydrogen (secondary N) is 1. The van der Waals surface area contributed by atoms with Crippen LogP contribution < -0.4 is 5.32 Å². The molecule has 1 aromatic carbocycles. The van der Waals surface area contributed by atoms with E-state index in [1.54, 1.807) is 12.1 Å². The summed E-state index contributed by atoms with van der Waals surface area (Å²) >= 11 is 0. The Morgan fingerprint density at radius 3 is 2.28 bits per heavy atom. The van der Waals surface area contributed by atoms with Gasteiger partial charge in [-0.1, -0.05) is 64.5 Å². The molecule has 3 rings (SSSR count). The maximum atomic E-state index is 13.4. The van der Waals surface area contributed by atoms with Crippen LogP contribution in [0.4, 0.5) is 13.2 Å². The molecule has 1 atom stereocenters. The van der Waals surface area contributed by atoms with Crippen LogP contribution in [-0.4, -0.2) is 30.6 Å². The molecule has 1 heterocycles. The molecule has 202 valence electrons. The Morgan fingerprint density at radius 2 is 1.67 bits per heavy atom. The highest BCUT2D eigenvalue weighted by Gasteiger charge is 2.35. The maximum absolute atomic E-state index is 13.4. The molecule has 5 heteroatoms. The number of hydrogen-bond acceptors (Lipinski definition) is 2. The van der Waals surface area contributed by atoms with Crippen LogP contribution >= 0.6 is 0 Å². The molecule has 0 aromatic heterocycles. The Labute approximate surface area is 218 Å². The molecular weight excluding hydrogens is 457 g/mol. The van der Waals surface area contributed by atoms with Gasteiger partial charge in [0.15, 0.2) is 0 Å². The van der Waals surface area contributed by atoms with Crippen molar-refractivity contribution < 1.29 is 13.2 Å². The fraction of sp³-hybridized carbons (Fsp3) is 0.581. The van der Waals surface area contributed by atoms with Crippen LogP contribution in [0.1, 0.15) is 97.6 Å². The topological polar surface area (TPSA) is 15.3 Å². The number of hydrogen-bond donors (Lipinski definition) is 1. The largest absolute Gasteiger partial charge is 0.416 e. The molecule has 1 fully saturated rings. The van der Waals surface area contributed by atoms with E-state index in [-0.39, 0.29) is 12.0 Å². The summed E-state index contributed by atoms with van der Waals surface area (Å²) in [5.74, 6) is -0.0256. The molecule has 1 saturated heterocycles. The molecule has 1 aliphatic carbocycles. The van der Waals surface area contributed by atoms with Gasteiger partial charge in [-0.3, -0.25) is 0 Å². The van der Waals surface area contributed by atoms with E-state index in [9.17, 15) is 13.2 Å². The minimum Gasteiger partial charge on any atom is -0.384 e. The van der Waals surface area contributed by atoms with Crippen LogP contribution in [0.3, 0.4) is 0 Å². The van der Waals surface area contributed by atoms with Crippen molar-refractivity contribution in [2.24, 2.45) is 0 Å². The molecule has 1 unspecified atom stereocenters. The normalized spacial score (nSPS) is 20.3. The maximum Gasteiger partial charge on any atom is 0.416 e. The van der Waals surface area contributed by atoms with Gasteiger partial charge in [0.25, 0.3) is 0 Å². The average Bonchev–Trinajstić information content (AvgIpc) is 2.90. The summed E-state index contributed by atoms with van der Waals surface area (Å²) in [5.41, 5.74) is 7.07. The monoisotopic (exact) mass is 504 g/mol. The predicted octanol–water partition coefficient (Wildman–Crippen LogP) is 9.03. The third-order valence-electron chi connectivity index (χ3n) is 6.00. The van der Waals surface area contributed by atoms with Gasteiger partial charge in [-0.15, -0.1) is 5.73 Å². The van der Waals surface area contributed by atoms with E-state index >= 15 is 0 Å². The third-order valence-corrected chi connectivity index (χ3v) is 6.00. The van der Waals surface area contributed by atoms with Gasteiger partial charge >= 0.3 is 6.18 Å². The van der Waals surface area contributed by atoms with Gasteiger partial charge in [0.05, 0.1) is 5.56 Å². The van der Waals surface area contributed by atoms with Crippen molar-refractivity contribution in [2.45, 2.75) is 98.7 Å². The number of rotatable bonds is 5. The summed E-state index contributed by atoms with van der Waals surface area (Å²) < 4.78 is 40.1. The molecule has 2 aliphatic rings.